The predicted octanol–water partition coefficient (Wildman–Crippen LogP) is 9.18. The molecule has 10 heteroatoms. The lowest BCUT2D eigenvalue weighted by atomic mass is 9.89. The minimum atomic E-state index is -0.595. The third-order valence-electron chi connectivity index (χ3n) is 9.21. The molecule has 1 fully saturated rings. The molecule has 54 heavy (non-hydrogen) atoms. The van der Waals surface area contributed by atoms with Gasteiger partial charge in [0.2, 0.25) is 0 Å². The molecule has 1 aliphatic rings. The third kappa shape index (κ3) is 10.4. The van der Waals surface area contributed by atoms with Gasteiger partial charge in [-0.05, 0) is 39.4 Å². The minimum absolute atomic E-state index is 0.221. The van der Waals surface area contributed by atoms with E-state index in [2.05, 4.69) is 27.3 Å². The summed E-state index contributed by atoms with van der Waals surface area (Å²) in [6.07, 6.45) is -1.00. The average molecular weight is 763 g/mol. The van der Waals surface area contributed by atoms with Gasteiger partial charge in [-0.15, -0.1) is 10.2 Å². The van der Waals surface area contributed by atoms with E-state index in [0.29, 0.717) is 43.7 Å². The maximum atomic E-state index is 7.10. The molecule has 0 radical (unpaired) electrons. The molecular formula is C44H41Cl2N3O5. The van der Waals surface area contributed by atoms with Crippen molar-refractivity contribution in [2.45, 2.75) is 63.4 Å². The number of rotatable bonds is 16. The van der Waals surface area contributed by atoms with Crippen molar-refractivity contribution in [1.82, 2.24) is 15.2 Å². The lowest BCUT2D eigenvalue weighted by Crippen LogP contribution is -2.58. The number of hydrogen-bond donors (Lipinski definition) is 0. The summed E-state index contributed by atoms with van der Waals surface area (Å²) in [4.78, 5) is 4.35. The van der Waals surface area contributed by atoms with Crippen LogP contribution in [0.1, 0.15) is 45.3 Å². The second kappa shape index (κ2) is 19.2. The molecule has 0 saturated carbocycles. The van der Waals surface area contributed by atoms with Crippen LogP contribution in [0, 0.1) is 0 Å². The minimum Gasteiger partial charge on any atom is -0.374 e. The smallest absolute Gasteiger partial charge is 0.169 e. The number of ether oxygens (including phenoxy) is 5. The van der Waals surface area contributed by atoms with Crippen LogP contribution in [-0.4, -0.2) is 46.2 Å². The Kier molecular flexibility index (Phi) is 13.4. The fourth-order valence-corrected chi connectivity index (χ4v) is 6.77. The van der Waals surface area contributed by atoms with E-state index in [1.54, 1.807) is 0 Å². The van der Waals surface area contributed by atoms with Crippen molar-refractivity contribution in [2.24, 2.45) is 0 Å². The predicted molar refractivity (Wildman–Crippen MR) is 208 cm³/mol. The van der Waals surface area contributed by atoms with Gasteiger partial charge >= 0.3 is 0 Å². The molecule has 0 N–H and O–H groups in total. The van der Waals surface area contributed by atoms with Crippen LogP contribution in [-0.2, 0) is 56.5 Å². The highest BCUT2D eigenvalue weighted by atomic mass is 35.5. The van der Waals surface area contributed by atoms with Gasteiger partial charge in [0.25, 0.3) is 0 Å². The molecule has 1 saturated heterocycles. The van der Waals surface area contributed by atoms with E-state index in [-0.39, 0.29) is 11.8 Å². The highest BCUT2D eigenvalue weighted by Crippen LogP contribution is 2.40. The average Bonchev–Trinajstić information content (AvgIpc) is 3.22. The summed E-state index contributed by atoms with van der Waals surface area (Å²) in [5, 5.41) is 8.92. The van der Waals surface area contributed by atoms with Gasteiger partial charge in [0.1, 0.15) is 30.5 Å². The zero-order valence-electron chi connectivity index (χ0n) is 29.6. The van der Waals surface area contributed by atoms with Crippen molar-refractivity contribution < 1.29 is 23.7 Å². The van der Waals surface area contributed by atoms with Crippen molar-refractivity contribution in [1.29, 1.82) is 0 Å². The van der Waals surface area contributed by atoms with E-state index in [4.69, 9.17) is 46.9 Å². The Labute approximate surface area is 326 Å². The molecule has 7 rings (SSSR count). The molecule has 5 unspecified atom stereocenters. The van der Waals surface area contributed by atoms with E-state index in [0.717, 1.165) is 33.4 Å². The number of benzene rings is 5. The number of hydrogen-bond acceptors (Lipinski definition) is 8. The molecule has 0 bridgehead atoms. The Balaban J connectivity index is 1.26. The van der Waals surface area contributed by atoms with E-state index in [1.807, 2.05) is 127 Å². The summed E-state index contributed by atoms with van der Waals surface area (Å²) in [7, 11) is 0. The topological polar surface area (TPSA) is 84.8 Å². The second-order valence-electron chi connectivity index (χ2n) is 13.1. The summed E-state index contributed by atoms with van der Waals surface area (Å²) in [5.41, 5.74) is 5.83. The number of nitrogens with zero attached hydrogens (tertiary/aromatic N) is 3. The molecule has 0 spiro atoms. The first-order chi connectivity index (χ1) is 26.6. The number of halogens is 2. The van der Waals surface area contributed by atoms with Crippen molar-refractivity contribution in [3.63, 3.8) is 0 Å². The summed E-state index contributed by atoms with van der Waals surface area (Å²) in [5.74, 6) is 0.491. The summed E-state index contributed by atoms with van der Waals surface area (Å²) < 4.78 is 34.1. The highest BCUT2D eigenvalue weighted by Gasteiger charge is 2.49. The molecule has 5 aromatic carbocycles. The lowest BCUT2D eigenvalue weighted by Gasteiger charge is -2.46. The van der Waals surface area contributed by atoms with Crippen molar-refractivity contribution >= 4 is 23.2 Å². The fourth-order valence-electron chi connectivity index (χ4n) is 6.50. The first-order valence-corrected chi connectivity index (χ1v) is 18.7. The Morgan fingerprint density at radius 3 is 1.61 bits per heavy atom. The zero-order chi connectivity index (χ0) is 37.0. The highest BCUT2D eigenvalue weighted by molar-refractivity contribution is 6.31. The van der Waals surface area contributed by atoms with Gasteiger partial charge in [-0.25, -0.2) is 4.98 Å². The Morgan fingerprint density at radius 2 is 1.07 bits per heavy atom. The van der Waals surface area contributed by atoms with Crippen LogP contribution in [0.4, 0.5) is 0 Å². The monoisotopic (exact) mass is 761 g/mol. The van der Waals surface area contributed by atoms with Crippen molar-refractivity contribution in [2.75, 3.05) is 6.61 Å². The molecular weight excluding hydrogens is 721 g/mol. The Bertz CT molecular complexity index is 2010. The maximum Gasteiger partial charge on any atom is 0.169 e. The van der Waals surface area contributed by atoms with Gasteiger partial charge in [0.05, 0.1) is 39.2 Å². The van der Waals surface area contributed by atoms with Crippen LogP contribution < -0.4 is 0 Å². The third-order valence-corrected chi connectivity index (χ3v) is 9.75. The largest absolute Gasteiger partial charge is 0.374 e. The van der Waals surface area contributed by atoms with Crippen molar-refractivity contribution in [3.8, 4) is 0 Å². The van der Waals surface area contributed by atoms with Crippen LogP contribution in [0.5, 0.6) is 0 Å². The molecule has 6 aromatic rings. The summed E-state index contributed by atoms with van der Waals surface area (Å²) in [6.45, 7) is 1.71. The van der Waals surface area contributed by atoms with Crippen molar-refractivity contribution in [3.05, 3.63) is 195 Å². The summed E-state index contributed by atoms with van der Waals surface area (Å²) in [6, 6.07) is 46.2. The van der Waals surface area contributed by atoms with Crippen LogP contribution in [0.3, 0.4) is 0 Å². The van der Waals surface area contributed by atoms with E-state index < -0.39 is 30.5 Å². The summed E-state index contributed by atoms with van der Waals surface area (Å²) >= 11 is 12.7. The SMILES string of the molecule is Clc1cnc(Cc2cc(C3OC(COCc4ccccc4)C(OCc4ccccc4)C(OCc4ccccc4)C3OCc3ccccc3)ccc2Cl)nn1. The normalized spacial score (nSPS) is 19.8. The van der Waals surface area contributed by atoms with Gasteiger partial charge in [0, 0.05) is 11.4 Å². The van der Waals surface area contributed by atoms with E-state index in [1.165, 1.54) is 6.20 Å². The second-order valence-corrected chi connectivity index (χ2v) is 13.9. The van der Waals surface area contributed by atoms with Gasteiger partial charge < -0.3 is 23.7 Å². The fraction of sp³-hybridized carbons (Fsp3) is 0.250. The lowest BCUT2D eigenvalue weighted by molar-refractivity contribution is -0.275. The van der Waals surface area contributed by atoms with Gasteiger partial charge in [0.15, 0.2) is 11.0 Å². The molecule has 1 aromatic heterocycles. The Morgan fingerprint density at radius 1 is 0.556 bits per heavy atom. The maximum absolute atomic E-state index is 7.10. The van der Waals surface area contributed by atoms with Gasteiger partial charge in [-0.3, -0.25) is 0 Å². The zero-order valence-corrected chi connectivity index (χ0v) is 31.1. The molecule has 0 aliphatic carbocycles. The molecule has 8 nitrogen and oxygen atoms in total. The molecule has 276 valence electrons. The first kappa shape index (κ1) is 37.8. The molecule has 2 heterocycles. The van der Waals surface area contributed by atoms with Crippen LogP contribution in [0.15, 0.2) is 146 Å². The quantitative estimate of drug-likeness (QED) is 0.0966. The number of aromatic nitrogens is 3. The van der Waals surface area contributed by atoms with Crippen LogP contribution >= 0.6 is 23.2 Å². The molecule has 5 atom stereocenters. The molecule has 1 aliphatic heterocycles. The van der Waals surface area contributed by atoms with E-state index in [9.17, 15) is 0 Å². The first-order valence-electron chi connectivity index (χ1n) is 17.9. The van der Waals surface area contributed by atoms with E-state index >= 15 is 0 Å². The van der Waals surface area contributed by atoms with Crippen LogP contribution in [0.2, 0.25) is 10.2 Å². The Hall–Kier alpha value is -4.51. The van der Waals surface area contributed by atoms with Gasteiger partial charge in [-0.1, -0.05) is 157 Å². The van der Waals surface area contributed by atoms with Crippen LogP contribution in [0.25, 0.3) is 0 Å². The molecule has 0 amide bonds. The van der Waals surface area contributed by atoms with Gasteiger partial charge in [-0.2, -0.15) is 0 Å². The standard InChI is InChI=1S/C44H41Cl2N3O5/c45-37-22-21-35(23-36(37)24-40-47-25-39(46)48-49-40)41-43(52-28-33-17-9-3-10-18-33)44(53-29-34-19-11-4-12-20-34)42(51-27-32-15-7-2-8-16-32)38(54-41)30-50-26-31-13-5-1-6-14-31/h1-23,25,38,41-44H,24,26-30H2.